The van der Waals surface area contributed by atoms with Gasteiger partial charge in [0.2, 0.25) is 0 Å². The maximum atomic E-state index is 13.4. The minimum atomic E-state index is -0.730. The summed E-state index contributed by atoms with van der Waals surface area (Å²) >= 11 is 0.876. The van der Waals surface area contributed by atoms with Gasteiger partial charge in [0, 0.05) is 0 Å². The highest BCUT2D eigenvalue weighted by atomic mass is 32.1. The fourth-order valence-corrected chi connectivity index (χ4v) is 2.08. The van der Waals surface area contributed by atoms with Crippen molar-refractivity contribution in [3.05, 3.63) is 35.5 Å². The minimum absolute atomic E-state index is 0.00246. The number of aromatic nitrogens is 1. The van der Waals surface area contributed by atoms with Crippen LogP contribution < -0.4 is 11.5 Å². The molecule has 0 spiro atoms. The number of halogens is 2. The van der Waals surface area contributed by atoms with Crippen LogP contribution in [0.3, 0.4) is 0 Å². The molecule has 96 valence electrons. The zero-order chi connectivity index (χ0) is 13.7. The summed E-state index contributed by atoms with van der Waals surface area (Å²) in [7, 11) is 1.50. The molecule has 0 unspecified atom stereocenters. The van der Waals surface area contributed by atoms with Gasteiger partial charge in [0.25, 0.3) is 0 Å². The molecular weight excluding hydrogens is 260 g/mol. The van der Waals surface area contributed by atoms with Gasteiger partial charge in [-0.1, -0.05) is 17.4 Å². The van der Waals surface area contributed by atoms with Crippen molar-refractivity contribution >= 4 is 22.6 Å². The fraction of sp³-hybridized carbons (Fsp3) is 0.0909. The summed E-state index contributed by atoms with van der Waals surface area (Å²) in [6.07, 6.45) is 0.452. The van der Waals surface area contributed by atoms with Gasteiger partial charge in [-0.3, -0.25) is 4.79 Å². The van der Waals surface area contributed by atoms with Crippen molar-refractivity contribution in [2.75, 3.05) is 12.8 Å². The fourth-order valence-electron chi connectivity index (χ4n) is 1.24. The number of hydrogen-bond donors (Lipinski definition) is 2. The summed E-state index contributed by atoms with van der Waals surface area (Å²) in [4.78, 5) is 14.3. The highest BCUT2D eigenvalue weighted by Crippen LogP contribution is 2.32. The van der Waals surface area contributed by atoms with Gasteiger partial charge in [-0.2, -0.15) is 0 Å². The number of rotatable bonds is 2. The molecule has 0 amide bonds. The third-order valence-corrected chi connectivity index (χ3v) is 2.89. The van der Waals surface area contributed by atoms with Gasteiger partial charge in [0.1, 0.15) is 27.3 Å². The predicted molar refractivity (Wildman–Crippen MR) is 67.4 cm³/mol. The maximum Gasteiger partial charge on any atom is 0.171 e. The molecule has 1 aromatic carbocycles. The first-order chi connectivity index (χ1) is 8.63. The molecule has 0 bridgehead atoms. The molecule has 0 radical (unpaired) electrons. The Kier molecular flexibility index (Phi) is 4.87. The Bertz CT molecular complexity index is 537. The Hall–Kier alpha value is -1.86. The molecule has 1 aromatic heterocycles. The van der Waals surface area contributed by atoms with Crippen LogP contribution in [0, 0.1) is 11.6 Å². The number of benzene rings is 1. The van der Waals surface area contributed by atoms with Gasteiger partial charge in [-0.05, 0) is 19.2 Å². The van der Waals surface area contributed by atoms with Crippen LogP contribution in [0.5, 0.6) is 0 Å². The lowest BCUT2D eigenvalue weighted by molar-refractivity contribution is 0.112. The first kappa shape index (κ1) is 14.2. The van der Waals surface area contributed by atoms with Crippen LogP contribution in [0.2, 0.25) is 0 Å². The van der Waals surface area contributed by atoms with Gasteiger partial charge >= 0.3 is 0 Å². The molecular formula is C11H11F2N3OS. The second-order valence-electron chi connectivity index (χ2n) is 2.98. The van der Waals surface area contributed by atoms with Crippen LogP contribution in [0.1, 0.15) is 10.5 Å². The summed E-state index contributed by atoms with van der Waals surface area (Å²) in [5.74, 6) is -1.46. The molecule has 0 aliphatic rings. The van der Waals surface area contributed by atoms with E-state index in [2.05, 4.69) is 10.7 Å². The molecule has 1 heterocycles. The van der Waals surface area contributed by atoms with Crippen LogP contribution in [0.4, 0.5) is 13.8 Å². The second-order valence-corrected chi connectivity index (χ2v) is 4.01. The number of nitrogen functional groups attached to an aromatic ring is 1. The van der Waals surface area contributed by atoms with Crippen molar-refractivity contribution < 1.29 is 13.6 Å². The Labute approximate surface area is 106 Å². The number of carbonyl (C=O) groups excluding carboxylic acids is 1. The lowest BCUT2D eigenvalue weighted by Gasteiger charge is -1.99. The number of anilines is 1. The lowest BCUT2D eigenvalue weighted by Crippen LogP contribution is -1.90. The van der Waals surface area contributed by atoms with E-state index in [-0.39, 0.29) is 21.3 Å². The summed E-state index contributed by atoms with van der Waals surface area (Å²) in [5, 5.41) is 0.211. The number of carbonyl (C=O) groups is 1. The van der Waals surface area contributed by atoms with E-state index in [9.17, 15) is 13.6 Å². The molecule has 0 fully saturated rings. The molecule has 2 rings (SSSR count). The summed E-state index contributed by atoms with van der Waals surface area (Å²) in [6.45, 7) is 0. The van der Waals surface area contributed by atoms with Crippen molar-refractivity contribution in [3.8, 4) is 10.6 Å². The smallest absolute Gasteiger partial charge is 0.171 e. The van der Waals surface area contributed by atoms with E-state index < -0.39 is 11.6 Å². The molecule has 0 saturated carbocycles. The summed E-state index contributed by atoms with van der Waals surface area (Å²) in [6, 6.07) is 3.50. The van der Waals surface area contributed by atoms with Crippen molar-refractivity contribution in [2.45, 2.75) is 0 Å². The average Bonchev–Trinajstić information content (AvgIpc) is 2.72. The molecule has 0 saturated heterocycles. The van der Waals surface area contributed by atoms with Crippen LogP contribution in [-0.2, 0) is 0 Å². The summed E-state index contributed by atoms with van der Waals surface area (Å²) in [5.41, 5.74) is 9.71. The first-order valence-corrected chi connectivity index (χ1v) is 5.68. The molecule has 7 heteroatoms. The highest BCUT2D eigenvalue weighted by Gasteiger charge is 2.16. The second kappa shape index (κ2) is 6.18. The Balaban J connectivity index is 0.000000771. The van der Waals surface area contributed by atoms with Crippen LogP contribution in [-0.4, -0.2) is 18.3 Å². The minimum Gasteiger partial charge on any atom is -0.389 e. The van der Waals surface area contributed by atoms with Gasteiger partial charge in [0.15, 0.2) is 6.29 Å². The van der Waals surface area contributed by atoms with E-state index in [1.54, 1.807) is 0 Å². The molecule has 0 aliphatic carbocycles. The van der Waals surface area contributed by atoms with Crippen molar-refractivity contribution in [3.63, 3.8) is 0 Å². The molecule has 0 aliphatic heterocycles. The van der Waals surface area contributed by atoms with Crippen LogP contribution in [0.15, 0.2) is 18.2 Å². The van der Waals surface area contributed by atoms with E-state index in [4.69, 9.17) is 5.73 Å². The Morgan fingerprint density at radius 3 is 2.28 bits per heavy atom. The monoisotopic (exact) mass is 271 g/mol. The van der Waals surface area contributed by atoms with Gasteiger partial charge in [-0.15, -0.1) is 0 Å². The van der Waals surface area contributed by atoms with Crippen molar-refractivity contribution in [1.29, 1.82) is 0 Å². The van der Waals surface area contributed by atoms with Gasteiger partial charge < -0.3 is 11.5 Å². The third-order valence-electron chi connectivity index (χ3n) is 1.97. The molecule has 4 N–H and O–H groups in total. The SMILES string of the molecule is CN.Nc1sc(-c2c(F)cccc2F)nc1C=O. The number of aldehydes is 1. The van der Waals surface area contributed by atoms with Crippen molar-refractivity contribution in [1.82, 2.24) is 4.98 Å². The number of nitrogens with two attached hydrogens (primary N) is 2. The zero-order valence-electron chi connectivity index (χ0n) is 9.48. The molecule has 2 aromatic rings. The lowest BCUT2D eigenvalue weighted by atomic mass is 10.2. The molecule has 0 atom stereocenters. The normalized spacial score (nSPS) is 9.56. The predicted octanol–water partition coefficient (Wildman–Crippen LogP) is 2.06. The Morgan fingerprint density at radius 2 is 1.83 bits per heavy atom. The largest absolute Gasteiger partial charge is 0.389 e. The summed E-state index contributed by atoms with van der Waals surface area (Å²) < 4.78 is 26.8. The van der Waals surface area contributed by atoms with E-state index in [1.165, 1.54) is 13.1 Å². The zero-order valence-corrected chi connectivity index (χ0v) is 10.3. The average molecular weight is 271 g/mol. The Morgan fingerprint density at radius 1 is 1.28 bits per heavy atom. The van der Waals surface area contributed by atoms with Crippen LogP contribution in [0.25, 0.3) is 10.6 Å². The van der Waals surface area contributed by atoms with Crippen LogP contribution >= 0.6 is 11.3 Å². The van der Waals surface area contributed by atoms with Gasteiger partial charge in [-0.25, -0.2) is 13.8 Å². The standard InChI is InChI=1S/C10H6F2N2OS.CH5N/c11-5-2-1-3-6(12)8(5)10-14-7(4-15)9(13)16-10;1-2/h1-4H,13H2;2H2,1H3. The van der Waals surface area contributed by atoms with E-state index in [0.717, 1.165) is 23.5 Å². The molecule has 4 nitrogen and oxygen atoms in total. The van der Waals surface area contributed by atoms with E-state index >= 15 is 0 Å². The van der Waals surface area contributed by atoms with E-state index in [0.29, 0.717) is 6.29 Å². The maximum absolute atomic E-state index is 13.4. The number of hydrogen-bond acceptors (Lipinski definition) is 5. The highest BCUT2D eigenvalue weighted by molar-refractivity contribution is 7.19. The topological polar surface area (TPSA) is 82.0 Å². The first-order valence-electron chi connectivity index (χ1n) is 4.87. The van der Waals surface area contributed by atoms with E-state index in [1.807, 2.05) is 0 Å². The van der Waals surface area contributed by atoms with Gasteiger partial charge in [0.05, 0.1) is 5.56 Å². The number of nitrogens with zero attached hydrogens (tertiary/aromatic N) is 1. The van der Waals surface area contributed by atoms with Crippen molar-refractivity contribution in [2.24, 2.45) is 5.73 Å². The third kappa shape index (κ3) is 2.69. The quantitative estimate of drug-likeness (QED) is 0.819. The number of thiazole rings is 1. The molecule has 18 heavy (non-hydrogen) atoms.